The summed E-state index contributed by atoms with van der Waals surface area (Å²) in [6.45, 7) is 4.00. The van der Waals surface area contributed by atoms with Crippen molar-refractivity contribution in [2.24, 2.45) is 0 Å². The van der Waals surface area contributed by atoms with Crippen LogP contribution in [0.5, 0.6) is 0 Å². The fourth-order valence-electron chi connectivity index (χ4n) is 2.89. The molecule has 106 valence electrons. The molecule has 0 amide bonds. The molecule has 4 rings (SSSR count). The number of benzene rings is 4. The maximum atomic E-state index is 9.34. The molecule has 0 aliphatic heterocycles. The van der Waals surface area contributed by atoms with E-state index in [1.54, 1.807) is 6.07 Å². The van der Waals surface area contributed by atoms with Crippen molar-refractivity contribution < 1.29 is 10.4 Å². The standard InChI is InChI=1S/C16H11NO2.C2H6/c18-17(19)14-9-7-12-5-4-10-2-1-3-11-6-8-13(14)16(12)15(10)11;1-2/h1-9,18-19H;1-2H3. The molecule has 0 heterocycles. The largest absolute Gasteiger partial charge is 0.264 e. The molecule has 0 bridgehead atoms. The number of rotatable bonds is 1. The van der Waals surface area contributed by atoms with Crippen LogP contribution in [0.25, 0.3) is 32.3 Å². The normalized spacial score (nSPS) is 10.9. The summed E-state index contributed by atoms with van der Waals surface area (Å²) >= 11 is 0. The van der Waals surface area contributed by atoms with Crippen LogP contribution in [0.3, 0.4) is 0 Å². The monoisotopic (exact) mass is 279 g/mol. The van der Waals surface area contributed by atoms with E-state index in [2.05, 4.69) is 24.3 Å². The van der Waals surface area contributed by atoms with Gasteiger partial charge in [0.05, 0.1) is 0 Å². The Balaban J connectivity index is 0.000000636. The van der Waals surface area contributed by atoms with Crippen LogP contribution in [0.1, 0.15) is 13.8 Å². The number of hydrogen-bond acceptors (Lipinski definition) is 3. The molecule has 0 radical (unpaired) electrons. The minimum atomic E-state index is 0.186. The van der Waals surface area contributed by atoms with E-state index in [1.807, 2.05) is 38.1 Å². The molecule has 0 aromatic heterocycles. The molecule has 0 unspecified atom stereocenters. The van der Waals surface area contributed by atoms with Gasteiger partial charge in [0.15, 0.2) is 0 Å². The molecule has 4 aromatic rings. The maximum Gasteiger partial charge on any atom is 0.102 e. The van der Waals surface area contributed by atoms with Crippen LogP contribution >= 0.6 is 0 Å². The average Bonchev–Trinajstić information content (AvgIpc) is 2.54. The second-order valence-corrected chi connectivity index (χ2v) is 4.73. The molecule has 0 saturated heterocycles. The molecule has 3 nitrogen and oxygen atoms in total. The molecule has 0 fully saturated rings. The van der Waals surface area contributed by atoms with E-state index < -0.39 is 0 Å². The lowest BCUT2D eigenvalue weighted by atomic mass is 9.94. The average molecular weight is 279 g/mol. The van der Waals surface area contributed by atoms with Crippen molar-refractivity contribution in [3.05, 3.63) is 54.6 Å². The minimum Gasteiger partial charge on any atom is -0.264 e. The van der Waals surface area contributed by atoms with Crippen molar-refractivity contribution in [3.8, 4) is 0 Å². The molecule has 21 heavy (non-hydrogen) atoms. The smallest absolute Gasteiger partial charge is 0.102 e. The van der Waals surface area contributed by atoms with Crippen LogP contribution in [0.2, 0.25) is 0 Å². The van der Waals surface area contributed by atoms with Gasteiger partial charge in [0.2, 0.25) is 0 Å². The van der Waals surface area contributed by atoms with E-state index in [0.29, 0.717) is 5.69 Å². The fourth-order valence-corrected chi connectivity index (χ4v) is 2.89. The topological polar surface area (TPSA) is 43.7 Å². The van der Waals surface area contributed by atoms with Crippen molar-refractivity contribution in [3.63, 3.8) is 0 Å². The number of hydrogen-bond donors (Lipinski definition) is 2. The Bertz CT molecular complexity index is 884. The first-order valence-corrected chi connectivity index (χ1v) is 7.10. The van der Waals surface area contributed by atoms with Gasteiger partial charge in [-0.15, -0.1) is 5.23 Å². The van der Waals surface area contributed by atoms with Crippen molar-refractivity contribution >= 4 is 38.0 Å². The van der Waals surface area contributed by atoms with Crippen molar-refractivity contribution in [1.29, 1.82) is 0 Å². The molecule has 0 aliphatic carbocycles. The summed E-state index contributed by atoms with van der Waals surface area (Å²) in [5.41, 5.74) is 0.394. The fraction of sp³-hybridized carbons (Fsp3) is 0.111. The summed E-state index contributed by atoms with van der Waals surface area (Å²) in [6.07, 6.45) is 0. The molecular weight excluding hydrogens is 262 g/mol. The Morgan fingerprint density at radius 3 is 1.81 bits per heavy atom. The van der Waals surface area contributed by atoms with E-state index in [4.69, 9.17) is 0 Å². The van der Waals surface area contributed by atoms with Crippen LogP contribution in [-0.4, -0.2) is 10.4 Å². The van der Waals surface area contributed by atoms with E-state index in [9.17, 15) is 10.4 Å². The van der Waals surface area contributed by atoms with E-state index >= 15 is 0 Å². The highest BCUT2D eigenvalue weighted by molar-refractivity contribution is 6.25. The first kappa shape index (κ1) is 13.6. The van der Waals surface area contributed by atoms with Gasteiger partial charge in [-0.05, 0) is 33.0 Å². The van der Waals surface area contributed by atoms with E-state index in [0.717, 1.165) is 26.9 Å². The second kappa shape index (κ2) is 5.20. The zero-order valence-corrected chi connectivity index (χ0v) is 12.0. The SMILES string of the molecule is CC.ON(O)c1ccc2ccc3cccc4ccc1c2c34. The van der Waals surface area contributed by atoms with Crippen molar-refractivity contribution in [2.45, 2.75) is 13.8 Å². The van der Waals surface area contributed by atoms with Gasteiger partial charge < -0.3 is 0 Å². The van der Waals surface area contributed by atoms with Gasteiger partial charge >= 0.3 is 0 Å². The molecule has 2 N–H and O–H groups in total. The lowest BCUT2D eigenvalue weighted by Gasteiger charge is -2.15. The van der Waals surface area contributed by atoms with Crippen LogP contribution in [0.4, 0.5) is 5.69 Å². The Kier molecular flexibility index (Phi) is 3.37. The summed E-state index contributed by atoms with van der Waals surface area (Å²) in [6, 6.07) is 17.9. The first-order valence-electron chi connectivity index (χ1n) is 7.10. The van der Waals surface area contributed by atoms with Gasteiger partial charge in [0.1, 0.15) is 5.69 Å². The first-order chi connectivity index (χ1) is 10.3. The third-order valence-corrected chi connectivity index (χ3v) is 3.72. The van der Waals surface area contributed by atoms with Crippen LogP contribution in [0, 0.1) is 0 Å². The molecular formula is C18H17NO2. The zero-order valence-electron chi connectivity index (χ0n) is 12.0. The van der Waals surface area contributed by atoms with Gasteiger partial charge in [-0.3, -0.25) is 10.4 Å². The highest BCUT2D eigenvalue weighted by Crippen LogP contribution is 2.38. The van der Waals surface area contributed by atoms with Gasteiger partial charge in [-0.1, -0.05) is 62.4 Å². The van der Waals surface area contributed by atoms with Crippen LogP contribution in [0.15, 0.2) is 54.6 Å². The highest BCUT2D eigenvalue weighted by atomic mass is 16.8. The van der Waals surface area contributed by atoms with Gasteiger partial charge in [-0.25, -0.2) is 0 Å². The summed E-state index contributed by atoms with van der Waals surface area (Å²) in [5, 5.41) is 25.4. The lowest BCUT2D eigenvalue weighted by molar-refractivity contribution is 0.0300. The molecule has 4 aromatic carbocycles. The zero-order chi connectivity index (χ0) is 15.0. The molecule has 3 heteroatoms. The second-order valence-electron chi connectivity index (χ2n) is 4.73. The Morgan fingerprint density at radius 1 is 0.667 bits per heavy atom. The summed E-state index contributed by atoms with van der Waals surface area (Å²) in [4.78, 5) is 0. The minimum absolute atomic E-state index is 0.186. The van der Waals surface area contributed by atoms with E-state index in [1.165, 1.54) is 5.39 Å². The number of nitrogens with zero attached hydrogens (tertiary/aromatic N) is 1. The van der Waals surface area contributed by atoms with Gasteiger partial charge in [-0.2, -0.15) is 0 Å². The molecule has 0 atom stereocenters. The molecule has 0 aliphatic rings. The van der Waals surface area contributed by atoms with Crippen molar-refractivity contribution in [1.82, 2.24) is 0 Å². The van der Waals surface area contributed by atoms with Crippen LogP contribution in [-0.2, 0) is 0 Å². The quantitative estimate of drug-likeness (QED) is 0.372. The predicted octanol–water partition coefficient (Wildman–Crippen LogP) is 5.20. The van der Waals surface area contributed by atoms with Crippen LogP contribution < -0.4 is 5.23 Å². The Labute approximate surface area is 122 Å². The third-order valence-electron chi connectivity index (χ3n) is 3.72. The van der Waals surface area contributed by atoms with Gasteiger partial charge in [0.25, 0.3) is 0 Å². The summed E-state index contributed by atoms with van der Waals surface area (Å²) < 4.78 is 0. The predicted molar refractivity (Wildman–Crippen MR) is 87.5 cm³/mol. The third kappa shape index (κ3) is 1.98. The molecule has 0 spiro atoms. The van der Waals surface area contributed by atoms with Crippen molar-refractivity contribution in [2.75, 3.05) is 5.23 Å². The maximum absolute atomic E-state index is 9.34. The number of anilines is 1. The van der Waals surface area contributed by atoms with Gasteiger partial charge in [0, 0.05) is 5.39 Å². The Morgan fingerprint density at radius 2 is 1.19 bits per heavy atom. The lowest BCUT2D eigenvalue weighted by Crippen LogP contribution is -2.11. The Hall–Kier alpha value is -2.36. The summed E-state index contributed by atoms with van der Waals surface area (Å²) in [5.74, 6) is 0. The molecule has 0 saturated carbocycles. The summed E-state index contributed by atoms with van der Waals surface area (Å²) in [7, 11) is 0. The highest BCUT2D eigenvalue weighted by Gasteiger charge is 2.12. The van der Waals surface area contributed by atoms with E-state index in [-0.39, 0.29) is 5.23 Å².